The van der Waals surface area contributed by atoms with E-state index in [2.05, 4.69) is 15.6 Å². The number of rotatable bonds is 8. The highest BCUT2D eigenvalue weighted by atomic mass is 19.1. The molecule has 37 heavy (non-hydrogen) atoms. The average Bonchev–Trinajstić information content (AvgIpc) is 3.41. The maximum atomic E-state index is 14.5. The van der Waals surface area contributed by atoms with Crippen LogP contribution in [0.5, 0.6) is 0 Å². The van der Waals surface area contributed by atoms with E-state index in [-0.39, 0.29) is 29.6 Å². The highest BCUT2D eigenvalue weighted by Gasteiger charge is 2.40. The number of anilines is 2. The first kappa shape index (κ1) is 27.0. The average molecular weight is 514 g/mol. The van der Waals surface area contributed by atoms with E-state index in [0.29, 0.717) is 30.0 Å². The van der Waals surface area contributed by atoms with Crippen LogP contribution in [0.4, 0.5) is 20.3 Å². The van der Waals surface area contributed by atoms with Crippen LogP contribution in [0.2, 0.25) is 0 Å². The molecule has 0 bridgehead atoms. The third-order valence-electron chi connectivity index (χ3n) is 7.80. The number of nitrogens with zero attached hydrogens (tertiary/aromatic N) is 3. The minimum atomic E-state index is -0.621. The first-order valence-corrected chi connectivity index (χ1v) is 13.2. The van der Waals surface area contributed by atoms with E-state index in [1.54, 1.807) is 43.0 Å². The molecule has 2 heterocycles. The number of amides is 2. The summed E-state index contributed by atoms with van der Waals surface area (Å²) in [7, 11) is 3.51. The van der Waals surface area contributed by atoms with Crippen molar-refractivity contribution in [3.8, 4) is 0 Å². The van der Waals surface area contributed by atoms with Crippen LogP contribution in [-0.4, -0.2) is 54.4 Å². The number of hydrogen-bond donors (Lipinski definition) is 2. The van der Waals surface area contributed by atoms with Gasteiger partial charge >= 0.3 is 0 Å². The van der Waals surface area contributed by atoms with Crippen LogP contribution in [-0.2, 0) is 9.59 Å². The minimum Gasteiger partial charge on any atom is -0.343 e. The van der Waals surface area contributed by atoms with Crippen molar-refractivity contribution in [1.82, 2.24) is 20.5 Å². The lowest BCUT2D eigenvalue weighted by molar-refractivity contribution is -0.139. The van der Waals surface area contributed by atoms with Gasteiger partial charge in [-0.25, -0.2) is 13.8 Å². The van der Waals surface area contributed by atoms with Gasteiger partial charge in [-0.3, -0.25) is 9.59 Å². The summed E-state index contributed by atoms with van der Waals surface area (Å²) in [6.07, 6.45) is 7.59. The largest absolute Gasteiger partial charge is 0.343 e. The van der Waals surface area contributed by atoms with Gasteiger partial charge in [0.2, 0.25) is 11.8 Å². The summed E-state index contributed by atoms with van der Waals surface area (Å²) in [5, 5.41) is 5.98. The van der Waals surface area contributed by atoms with Crippen LogP contribution in [0, 0.1) is 17.6 Å². The molecule has 2 fully saturated rings. The Morgan fingerprint density at radius 1 is 1.05 bits per heavy atom. The standard InChI is InChI=1S/C28H37F2N5O2/c1-18(31-2)27(36)33-25(19-8-5-4-6-9-19)28(37)35-15-7-10-24(35)23-16-21(30)17-32-26(23)34(3)22-13-11-20(29)12-14-22/h11-14,16-19,24-25,31H,4-10,15H2,1-3H3,(H,33,36)/t18-,24-,25-/m0/s1. The third-order valence-corrected chi connectivity index (χ3v) is 7.80. The highest BCUT2D eigenvalue weighted by Crippen LogP contribution is 2.39. The molecule has 1 aromatic carbocycles. The molecule has 2 amide bonds. The maximum absolute atomic E-state index is 14.5. The second kappa shape index (κ2) is 12.0. The van der Waals surface area contributed by atoms with E-state index in [0.717, 1.165) is 44.7 Å². The summed E-state index contributed by atoms with van der Waals surface area (Å²) in [4.78, 5) is 34.8. The summed E-state index contributed by atoms with van der Waals surface area (Å²) in [6.45, 7) is 2.30. The van der Waals surface area contributed by atoms with Gasteiger partial charge in [0.15, 0.2) is 0 Å². The molecular weight excluding hydrogens is 476 g/mol. The normalized spacial score (nSPS) is 19.9. The molecular formula is C28H37F2N5O2. The number of carbonyl (C=O) groups excluding carboxylic acids is 2. The molecule has 0 unspecified atom stereocenters. The van der Waals surface area contributed by atoms with Crippen LogP contribution >= 0.6 is 0 Å². The minimum absolute atomic E-state index is 0.0718. The quantitative estimate of drug-likeness (QED) is 0.545. The van der Waals surface area contributed by atoms with Gasteiger partial charge in [-0.05, 0) is 75.9 Å². The molecule has 2 aliphatic rings. The van der Waals surface area contributed by atoms with Gasteiger partial charge in [0.25, 0.3) is 0 Å². The second-order valence-corrected chi connectivity index (χ2v) is 10.2. The Morgan fingerprint density at radius 2 is 1.76 bits per heavy atom. The fraction of sp³-hybridized carbons (Fsp3) is 0.536. The zero-order valence-corrected chi connectivity index (χ0v) is 21.8. The summed E-state index contributed by atoms with van der Waals surface area (Å²) < 4.78 is 28.0. The van der Waals surface area contributed by atoms with Crippen molar-refractivity contribution in [3.05, 3.63) is 53.7 Å². The Hall–Kier alpha value is -3.07. The van der Waals surface area contributed by atoms with Crippen LogP contribution in [0.15, 0.2) is 36.5 Å². The molecule has 4 rings (SSSR count). The van der Waals surface area contributed by atoms with Crippen molar-refractivity contribution >= 4 is 23.3 Å². The number of benzene rings is 1. The molecule has 2 aromatic rings. The van der Waals surface area contributed by atoms with E-state index >= 15 is 0 Å². The molecule has 2 N–H and O–H groups in total. The third kappa shape index (κ3) is 6.09. The zero-order valence-electron chi connectivity index (χ0n) is 21.8. The Kier molecular flexibility index (Phi) is 8.74. The molecule has 1 saturated carbocycles. The lowest BCUT2D eigenvalue weighted by atomic mass is 9.83. The monoisotopic (exact) mass is 513 g/mol. The van der Waals surface area contributed by atoms with Crippen LogP contribution in [0.25, 0.3) is 0 Å². The Balaban J connectivity index is 1.65. The molecule has 1 saturated heterocycles. The van der Waals surface area contributed by atoms with Crippen molar-refractivity contribution in [3.63, 3.8) is 0 Å². The molecule has 0 radical (unpaired) electrons. The summed E-state index contributed by atoms with van der Waals surface area (Å²) in [5.41, 5.74) is 1.31. The molecule has 3 atom stereocenters. The SMILES string of the molecule is CN[C@@H](C)C(=O)N[C@H](C(=O)N1CCC[C@H]1c1cc(F)cnc1N(C)c1ccc(F)cc1)C1CCCCC1. The number of likely N-dealkylation sites (tertiary alicyclic amines) is 1. The fourth-order valence-corrected chi connectivity index (χ4v) is 5.55. The van der Waals surface area contributed by atoms with Crippen LogP contribution in [0.3, 0.4) is 0 Å². The Labute approximate surface area is 217 Å². The summed E-state index contributed by atoms with van der Waals surface area (Å²) in [6, 6.07) is 6.03. The van der Waals surface area contributed by atoms with Gasteiger partial charge in [-0.15, -0.1) is 0 Å². The van der Waals surface area contributed by atoms with Crippen molar-refractivity contribution < 1.29 is 18.4 Å². The van der Waals surface area contributed by atoms with Crippen molar-refractivity contribution in [2.75, 3.05) is 25.5 Å². The van der Waals surface area contributed by atoms with Gasteiger partial charge in [0.05, 0.1) is 18.3 Å². The predicted molar refractivity (Wildman–Crippen MR) is 139 cm³/mol. The van der Waals surface area contributed by atoms with Gasteiger partial charge < -0.3 is 20.4 Å². The summed E-state index contributed by atoms with van der Waals surface area (Å²) >= 11 is 0. The predicted octanol–water partition coefficient (Wildman–Crippen LogP) is 4.46. The summed E-state index contributed by atoms with van der Waals surface area (Å²) in [5.74, 6) is -0.565. The number of nitrogens with one attached hydrogen (secondary N) is 2. The van der Waals surface area contributed by atoms with E-state index < -0.39 is 17.9 Å². The van der Waals surface area contributed by atoms with Gasteiger partial charge in [-0.1, -0.05) is 19.3 Å². The smallest absolute Gasteiger partial charge is 0.245 e. The maximum Gasteiger partial charge on any atom is 0.245 e. The van der Waals surface area contributed by atoms with E-state index in [1.807, 2.05) is 0 Å². The Bertz CT molecular complexity index is 1090. The fourth-order valence-electron chi connectivity index (χ4n) is 5.55. The number of likely N-dealkylation sites (N-methyl/N-ethyl adjacent to an activating group) is 1. The van der Waals surface area contributed by atoms with Crippen molar-refractivity contribution in [2.24, 2.45) is 5.92 Å². The van der Waals surface area contributed by atoms with Gasteiger partial charge in [0, 0.05) is 24.8 Å². The lowest BCUT2D eigenvalue weighted by Gasteiger charge is -2.36. The second-order valence-electron chi connectivity index (χ2n) is 10.2. The van der Waals surface area contributed by atoms with Crippen molar-refractivity contribution in [2.45, 2.75) is 70.0 Å². The number of carbonyl (C=O) groups is 2. The Morgan fingerprint density at radius 3 is 2.43 bits per heavy atom. The lowest BCUT2D eigenvalue weighted by Crippen LogP contribution is -2.55. The highest BCUT2D eigenvalue weighted by molar-refractivity contribution is 5.90. The van der Waals surface area contributed by atoms with Crippen LogP contribution in [0.1, 0.15) is 63.5 Å². The van der Waals surface area contributed by atoms with Crippen LogP contribution < -0.4 is 15.5 Å². The molecule has 7 nitrogen and oxygen atoms in total. The van der Waals surface area contributed by atoms with E-state index in [4.69, 9.17) is 0 Å². The molecule has 9 heteroatoms. The zero-order chi connectivity index (χ0) is 26.5. The van der Waals surface area contributed by atoms with Crippen molar-refractivity contribution in [1.29, 1.82) is 0 Å². The van der Waals surface area contributed by atoms with E-state index in [9.17, 15) is 18.4 Å². The topological polar surface area (TPSA) is 77.6 Å². The molecule has 0 spiro atoms. The number of pyridine rings is 1. The number of hydrogen-bond acceptors (Lipinski definition) is 5. The molecule has 200 valence electrons. The first-order valence-electron chi connectivity index (χ1n) is 13.2. The van der Waals surface area contributed by atoms with Gasteiger partial charge in [0.1, 0.15) is 23.5 Å². The first-order chi connectivity index (χ1) is 17.8. The molecule has 1 aromatic heterocycles. The number of halogens is 2. The molecule has 1 aliphatic carbocycles. The van der Waals surface area contributed by atoms with E-state index in [1.165, 1.54) is 18.2 Å². The molecule has 1 aliphatic heterocycles. The van der Waals surface area contributed by atoms with Gasteiger partial charge in [-0.2, -0.15) is 0 Å². The number of aromatic nitrogens is 1.